The highest BCUT2D eigenvalue weighted by atomic mass is 16.5. The Hall–Kier alpha value is -4.79. The number of unbranched alkanes of at least 4 members (excludes halogenated alkanes) is 1. The standard InChI is InChI=1S/C34H33N3O6/c1-3-4-13-26(34(42)43-18-27(39)36-21-16-14-20(15-17-21)35-19(2)38)37-32(40)30-28-22-9-5-6-10-23(22)29(31(30)33(37)41)25-12-8-7-11-24(25)28/h5-12,14-17,26,28-31H,3-4,13,18H2,1-2H3,(H,35,38)(H,36,39)/t26-,28?,29?,30-,31+/m0/s1. The van der Waals surface area contributed by atoms with E-state index in [4.69, 9.17) is 4.74 Å². The summed E-state index contributed by atoms with van der Waals surface area (Å²) >= 11 is 0. The molecule has 4 aliphatic rings. The van der Waals surface area contributed by atoms with E-state index in [1.807, 2.05) is 55.5 Å². The number of esters is 1. The fraction of sp³-hybridized carbons (Fsp3) is 0.324. The maximum atomic E-state index is 14.1. The largest absolute Gasteiger partial charge is 0.454 e. The fourth-order valence-electron chi connectivity index (χ4n) is 7.03. The van der Waals surface area contributed by atoms with Crippen LogP contribution in [0.4, 0.5) is 11.4 Å². The predicted molar refractivity (Wildman–Crippen MR) is 159 cm³/mol. The molecule has 3 aromatic carbocycles. The van der Waals surface area contributed by atoms with Crippen LogP contribution in [-0.2, 0) is 28.7 Å². The molecule has 1 fully saturated rings. The highest BCUT2D eigenvalue weighted by molar-refractivity contribution is 6.10. The molecule has 0 spiro atoms. The molecule has 220 valence electrons. The van der Waals surface area contributed by atoms with Crippen LogP contribution in [0.25, 0.3) is 0 Å². The molecule has 3 atom stereocenters. The van der Waals surface area contributed by atoms with Crippen LogP contribution in [0.5, 0.6) is 0 Å². The van der Waals surface area contributed by atoms with Crippen molar-refractivity contribution < 1.29 is 28.7 Å². The Bertz CT molecular complexity index is 1500. The van der Waals surface area contributed by atoms with Crippen molar-refractivity contribution in [3.8, 4) is 0 Å². The molecule has 43 heavy (non-hydrogen) atoms. The summed E-state index contributed by atoms with van der Waals surface area (Å²) in [5.74, 6) is -3.97. The van der Waals surface area contributed by atoms with Gasteiger partial charge in [-0.3, -0.25) is 24.1 Å². The first-order valence-electron chi connectivity index (χ1n) is 14.7. The minimum atomic E-state index is -1.11. The number of nitrogens with zero attached hydrogens (tertiary/aromatic N) is 1. The summed E-state index contributed by atoms with van der Waals surface area (Å²) < 4.78 is 5.41. The summed E-state index contributed by atoms with van der Waals surface area (Å²) in [5.41, 5.74) is 5.28. The van der Waals surface area contributed by atoms with Crippen molar-refractivity contribution in [2.75, 3.05) is 17.2 Å². The predicted octanol–water partition coefficient (Wildman–Crippen LogP) is 4.58. The molecule has 2 N–H and O–H groups in total. The maximum absolute atomic E-state index is 14.1. The van der Waals surface area contributed by atoms with Crippen molar-refractivity contribution in [1.29, 1.82) is 0 Å². The van der Waals surface area contributed by atoms with Crippen LogP contribution in [0.2, 0.25) is 0 Å². The zero-order valence-corrected chi connectivity index (χ0v) is 24.0. The summed E-state index contributed by atoms with van der Waals surface area (Å²) in [5, 5.41) is 5.30. The first-order chi connectivity index (χ1) is 20.8. The average molecular weight is 580 g/mol. The normalized spacial score (nSPS) is 21.9. The molecule has 0 aromatic heterocycles. The van der Waals surface area contributed by atoms with Crippen molar-refractivity contribution in [2.45, 2.75) is 51.0 Å². The molecule has 0 saturated carbocycles. The van der Waals surface area contributed by atoms with Gasteiger partial charge >= 0.3 is 5.97 Å². The molecular weight excluding hydrogens is 546 g/mol. The number of carbonyl (C=O) groups is 5. The van der Waals surface area contributed by atoms with Crippen molar-refractivity contribution in [3.63, 3.8) is 0 Å². The molecule has 9 heteroatoms. The van der Waals surface area contributed by atoms with Crippen LogP contribution < -0.4 is 10.6 Å². The van der Waals surface area contributed by atoms with Gasteiger partial charge in [-0.25, -0.2) is 4.79 Å². The molecule has 0 radical (unpaired) electrons. The van der Waals surface area contributed by atoms with E-state index in [2.05, 4.69) is 10.6 Å². The average Bonchev–Trinajstić information content (AvgIpc) is 3.27. The lowest BCUT2D eigenvalue weighted by molar-refractivity contribution is -0.160. The number of ether oxygens (including phenoxy) is 1. The van der Waals surface area contributed by atoms with Gasteiger partial charge < -0.3 is 15.4 Å². The number of carbonyl (C=O) groups excluding carboxylic acids is 5. The molecule has 3 aliphatic carbocycles. The zero-order chi connectivity index (χ0) is 30.2. The first kappa shape index (κ1) is 28.3. The van der Waals surface area contributed by atoms with E-state index in [9.17, 15) is 24.0 Å². The first-order valence-corrected chi connectivity index (χ1v) is 14.7. The molecule has 1 aliphatic heterocycles. The van der Waals surface area contributed by atoms with Gasteiger partial charge in [-0.05, 0) is 52.9 Å². The molecular formula is C34H33N3O6. The van der Waals surface area contributed by atoms with Crippen LogP contribution in [-0.4, -0.2) is 47.1 Å². The number of nitrogens with one attached hydrogen (secondary N) is 2. The number of anilines is 2. The quantitative estimate of drug-likeness (QED) is 0.283. The van der Waals surface area contributed by atoms with Crippen LogP contribution >= 0.6 is 0 Å². The van der Waals surface area contributed by atoms with Gasteiger partial charge in [0.05, 0.1) is 11.8 Å². The van der Waals surface area contributed by atoms with Crippen LogP contribution in [0, 0.1) is 11.8 Å². The lowest BCUT2D eigenvalue weighted by Gasteiger charge is -2.45. The van der Waals surface area contributed by atoms with Crippen molar-refractivity contribution in [3.05, 3.63) is 95.1 Å². The third-order valence-corrected chi connectivity index (χ3v) is 8.73. The molecule has 1 saturated heterocycles. The molecule has 7 rings (SSSR count). The van der Waals surface area contributed by atoms with Crippen LogP contribution in [0.1, 0.15) is 67.2 Å². The number of amides is 4. The maximum Gasteiger partial charge on any atom is 0.329 e. The minimum Gasteiger partial charge on any atom is -0.454 e. The van der Waals surface area contributed by atoms with Crippen LogP contribution in [0.15, 0.2) is 72.8 Å². The van der Waals surface area contributed by atoms with Gasteiger partial charge in [0.1, 0.15) is 6.04 Å². The summed E-state index contributed by atoms with van der Waals surface area (Å²) in [6.45, 7) is 2.80. The van der Waals surface area contributed by atoms with Gasteiger partial charge in [-0.1, -0.05) is 68.3 Å². The zero-order valence-electron chi connectivity index (χ0n) is 24.0. The number of hydrogen-bond donors (Lipinski definition) is 2. The second-order valence-electron chi connectivity index (χ2n) is 11.4. The van der Waals surface area contributed by atoms with E-state index in [-0.39, 0.29) is 36.0 Å². The summed E-state index contributed by atoms with van der Waals surface area (Å²) in [4.78, 5) is 66.7. The summed E-state index contributed by atoms with van der Waals surface area (Å²) in [6.07, 6.45) is 1.62. The molecule has 3 aromatic rings. The number of imide groups is 1. The minimum absolute atomic E-state index is 0.211. The molecule has 1 heterocycles. The Morgan fingerprint density at radius 2 is 1.23 bits per heavy atom. The Kier molecular flexibility index (Phi) is 7.56. The Labute approximate surface area is 249 Å². The van der Waals surface area contributed by atoms with Gasteiger partial charge in [-0.2, -0.15) is 0 Å². The smallest absolute Gasteiger partial charge is 0.329 e. The second kappa shape index (κ2) is 11.5. The topological polar surface area (TPSA) is 122 Å². The fourth-order valence-corrected chi connectivity index (χ4v) is 7.03. The van der Waals surface area contributed by atoms with Crippen molar-refractivity contribution in [2.24, 2.45) is 11.8 Å². The monoisotopic (exact) mass is 579 g/mol. The number of hydrogen-bond acceptors (Lipinski definition) is 6. The van der Waals surface area contributed by atoms with Crippen LogP contribution in [0.3, 0.4) is 0 Å². The third kappa shape index (κ3) is 4.98. The van der Waals surface area contributed by atoms with Gasteiger partial charge in [0, 0.05) is 30.1 Å². The number of likely N-dealkylation sites (tertiary alicyclic amines) is 1. The van der Waals surface area contributed by atoms with E-state index in [0.717, 1.165) is 33.6 Å². The van der Waals surface area contributed by atoms with Crippen molar-refractivity contribution in [1.82, 2.24) is 4.90 Å². The summed E-state index contributed by atoms with van der Waals surface area (Å²) in [6, 6.07) is 21.4. The lowest BCUT2D eigenvalue weighted by Crippen LogP contribution is -2.47. The Morgan fingerprint density at radius 1 is 0.767 bits per heavy atom. The highest BCUT2D eigenvalue weighted by Crippen LogP contribution is 2.61. The molecule has 9 nitrogen and oxygen atoms in total. The van der Waals surface area contributed by atoms with E-state index in [1.54, 1.807) is 24.3 Å². The SMILES string of the molecule is CCCC[C@@H](C(=O)OCC(=O)Nc1ccc(NC(C)=O)cc1)N1C(=O)[C@@H]2C3c4ccccc4C(c4ccccc43)[C@@H]2C1=O. The van der Waals surface area contributed by atoms with E-state index in [1.165, 1.54) is 6.92 Å². The van der Waals surface area contributed by atoms with E-state index in [0.29, 0.717) is 17.8 Å². The molecule has 4 amide bonds. The highest BCUT2D eigenvalue weighted by Gasteiger charge is 2.63. The summed E-state index contributed by atoms with van der Waals surface area (Å²) in [7, 11) is 0. The van der Waals surface area contributed by atoms with E-state index >= 15 is 0 Å². The number of rotatable bonds is 9. The van der Waals surface area contributed by atoms with E-state index < -0.39 is 36.4 Å². The van der Waals surface area contributed by atoms with Gasteiger partial charge in [0.25, 0.3) is 5.91 Å². The number of benzene rings is 3. The van der Waals surface area contributed by atoms with Crippen molar-refractivity contribution >= 4 is 41.0 Å². The van der Waals surface area contributed by atoms with Gasteiger partial charge in [0.2, 0.25) is 17.7 Å². The Morgan fingerprint density at radius 3 is 1.67 bits per heavy atom. The van der Waals surface area contributed by atoms with Gasteiger partial charge in [-0.15, -0.1) is 0 Å². The third-order valence-electron chi connectivity index (χ3n) is 8.73. The molecule has 2 bridgehead atoms. The van der Waals surface area contributed by atoms with Gasteiger partial charge in [0.15, 0.2) is 6.61 Å². The lowest BCUT2D eigenvalue weighted by atomic mass is 9.55. The Balaban J connectivity index is 1.21. The second-order valence-corrected chi connectivity index (χ2v) is 11.4. The molecule has 0 unspecified atom stereocenters.